The van der Waals surface area contributed by atoms with Crippen molar-refractivity contribution in [2.24, 2.45) is 0 Å². The summed E-state index contributed by atoms with van der Waals surface area (Å²) in [5.41, 5.74) is 0. The number of hydrogen-bond acceptors (Lipinski definition) is 4. The maximum absolute atomic E-state index is 10.2. The zero-order valence-corrected chi connectivity index (χ0v) is 7.71. The van der Waals surface area contributed by atoms with Crippen LogP contribution in [0.25, 0.3) is 0 Å². The predicted octanol–water partition coefficient (Wildman–Crippen LogP) is 1.23. The second-order valence-electron chi connectivity index (χ2n) is 2.10. The Balaban J connectivity index is 3.10. The Morgan fingerprint density at radius 1 is 1.38 bits per heavy atom. The van der Waals surface area contributed by atoms with Gasteiger partial charge in [-0.1, -0.05) is 17.7 Å². The van der Waals surface area contributed by atoms with Gasteiger partial charge in [-0.2, -0.15) is 8.42 Å². The van der Waals surface area contributed by atoms with Gasteiger partial charge in [0.25, 0.3) is 0 Å². The molecule has 13 heavy (non-hydrogen) atoms. The number of phenolic OH excluding ortho intramolecular Hbond substituents is 1. The molecule has 0 unspecified atom stereocenters. The van der Waals surface area contributed by atoms with Crippen LogP contribution in [0, 0.1) is 0 Å². The van der Waals surface area contributed by atoms with Gasteiger partial charge in [0.15, 0.2) is 11.5 Å². The van der Waals surface area contributed by atoms with Gasteiger partial charge in [-0.3, -0.25) is 4.55 Å². The lowest BCUT2D eigenvalue weighted by Gasteiger charge is -2.03. The van der Waals surface area contributed by atoms with Crippen LogP contribution in [0.4, 0.5) is 0 Å². The number of benzene rings is 1. The number of hydrogen-bond donors (Lipinski definition) is 2. The molecule has 0 aromatic heterocycles. The van der Waals surface area contributed by atoms with E-state index in [1.165, 1.54) is 12.1 Å². The first-order chi connectivity index (χ1) is 5.90. The minimum absolute atomic E-state index is 0.0684. The Labute approximate surface area is 79.5 Å². The third-order valence-corrected chi connectivity index (χ3v) is 1.84. The van der Waals surface area contributed by atoms with Crippen LogP contribution in [0.1, 0.15) is 0 Å². The van der Waals surface area contributed by atoms with Crippen LogP contribution in [-0.4, -0.2) is 18.1 Å². The number of halogens is 1. The van der Waals surface area contributed by atoms with Gasteiger partial charge in [0.1, 0.15) is 0 Å². The first-order valence-electron chi connectivity index (χ1n) is 3.04. The number of rotatable bonds is 2. The Morgan fingerprint density at radius 3 is 2.54 bits per heavy atom. The molecule has 1 rings (SSSR count). The molecule has 1 aromatic carbocycles. The number of phenols is 1. The highest BCUT2D eigenvalue weighted by molar-refractivity contribution is 7.81. The summed E-state index contributed by atoms with van der Waals surface area (Å²) in [6.07, 6.45) is 0. The third-order valence-electron chi connectivity index (χ3n) is 1.14. The van der Waals surface area contributed by atoms with Crippen molar-refractivity contribution in [3.05, 3.63) is 23.2 Å². The van der Waals surface area contributed by atoms with E-state index >= 15 is 0 Å². The van der Waals surface area contributed by atoms with E-state index in [1.54, 1.807) is 0 Å². The lowest BCUT2D eigenvalue weighted by molar-refractivity contribution is 0.371. The van der Waals surface area contributed by atoms with E-state index in [9.17, 15) is 8.42 Å². The summed E-state index contributed by atoms with van der Waals surface area (Å²) >= 11 is 5.44. The first kappa shape index (κ1) is 10.1. The van der Waals surface area contributed by atoms with Crippen LogP contribution in [0.2, 0.25) is 5.02 Å². The Bertz CT molecular complexity index is 413. The van der Waals surface area contributed by atoms with Crippen LogP contribution in [0.3, 0.4) is 0 Å². The molecule has 0 bridgehead atoms. The standard InChI is InChI=1S/C6H5ClO5S/c7-4-2-1-3-5(6(4)8)12-13(9,10)11/h1-3,8H,(H,9,10,11). The molecule has 0 radical (unpaired) electrons. The molecule has 72 valence electrons. The average molecular weight is 225 g/mol. The zero-order valence-electron chi connectivity index (χ0n) is 6.14. The van der Waals surface area contributed by atoms with E-state index in [1.807, 2.05) is 0 Å². The smallest absolute Gasteiger partial charge is 0.446 e. The molecule has 0 fully saturated rings. The summed E-state index contributed by atoms with van der Waals surface area (Å²) in [6.45, 7) is 0. The monoisotopic (exact) mass is 224 g/mol. The van der Waals surface area contributed by atoms with Gasteiger partial charge in [-0.25, -0.2) is 0 Å². The lowest BCUT2D eigenvalue weighted by Crippen LogP contribution is -2.06. The van der Waals surface area contributed by atoms with Crippen molar-refractivity contribution in [1.82, 2.24) is 0 Å². The fourth-order valence-corrected chi connectivity index (χ4v) is 1.20. The fraction of sp³-hybridized carbons (Fsp3) is 0. The Kier molecular flexibility index (Phi) is 2.65. The largest absolute Gasteiger partial charge is 0.503 e. The van der Waals surface area contributed by atoms with E-state index in [4.69, 9.17) is 21.3 Å². The Morgan fingerprint density at radius 2 is 2.00 bits per heavy atom. The maximum Gasteiger partial charge on any atom is 0.446 e. The summed E-state index contributed by atoms with van der Waals surface area (Å²) in [7, 11) is -4.64. The highest BCUT2D eigenvalue weighted by Gasteiger charge is 2.12. The van der Waals surface area contributed by atoms with Crippen molar-refractivity contribution < 1.29 is 22.3 Å². The summed E-state index contributed by atoms with van der Waals surface area (Å²) in [5.74, 6) is -0.961. The van der Waals surface area contributed by atoms with Crippen molar-refractivity contribution in [3.63, 3.8) is 0 Å². The van der Waals surface area contributed by atoms with Crippen molar-refractivity contribution in [2.75, 3.05) is 0 Å². The molecule has 5 nitrogen and oxygen atoms in total. The van der Waals surface area contributed by atoms with Gasteiger partial charge in [0, 0.05) is 0 Å². The molecule has 1 aromatic rings. The third kappa shape index (κ3) is 2.76. The first-order valence-corrected chi connectivity index (χ1v) is 4.79. The van der Waals surface area contributed by atoms with Crippen LogP contribution in [0.15, 0.2) is 18.2 Å². The minimum atomic E-state index is -4.64. The van der Waals surface area contributed by atoms with Crippen molar-refractivity contribution in [3.8, 4) is 11.5 Å². The molecule has 0 spiro atoms. The van der Waals surface area contributed by atoms with Gasteiger partial charge < -0.3 is 9.29 Å². The summed E-state index contributed by atoms with van der Waals surface area (Å²) < 4.78 is 32.8. The molecule has 0 heterocycles. The van der Waals surface area contributed by atoms with Gasteiger partial charge in [0.05, 0.1) is 5.02 Å². The highest BCUT2D eigenvalue weighted by Crippen LogP contribution is 2.33. The molecule has 0 aliphatic rings. The van der Waals surface area contributed by atoms with E-state index in [2.05, 4.69) is 4.18 Å². The molecule has 0 saturated carbocycles. The summed E-state index contributed by atoms with van der Waals surface area (Å²) in [5, 5.41) is 9.06. The predicted molar refractivity (Wildman–Crippen MR) is 45.3 cm³/mol. The molecule has 0 aliphatic carbocycles. The number of para-hydroxylation sites is 1. The van der Waals surface area contributed by atoms with Crippen molar-refractivity contribution >= 4 is 22.0 Å². The molecular weight excluding hydrogens is 220 g/mol. The average Bonchev–Trinajstić information content (AvgIpc) is 1.96. The second kappa shape index (κ2) is 3.41. The SMILES string of the molecule is O=S(=O)(O)Oc1cccc(Cl)c1O. The van der Waals surface area contributed by atoms with E-state index < -0.39 is 21.9 Å². The van der Waals surface area contributed by atoms with E-state index in [0.29, 0.717) is 0 Å². The maximum atomic E-state index is 10.2. The molecule has 0 amide bonds. The normalized spacial score (nSPS) is 11.2. The summed E-state index contributed by atoms with van der Waals surface area (Å²) in [6, 6.07) is 3.85. The van der Waals surface area contributed by atoms with Crippen LogP contribution >= 0.6 is 11.6 Å². The Hall–Kier alpha value is -0.980. The minimum Gasteiger partial charge on any atom is -0.503 e. The molecule has 0 saturated heterocycles. The van der Waals surface area contributed by atoms with Crippen molar-refractivity contribution in [2.45, 2.75) is 0 Å². The fourth-order valence-electron chi connectivity index (χ4n) is 0.676. The molecule has 0 atom stereocenters. The molecule has 2 N–H and O–H groups in total. The highest BCUT2D eigenvalue weighted by atomic mass is 35.5. The van der Waals surface area contributed by atoms with Crippen LogP contribution < -0.4 is 4.18 Å². The van der Waals surface area contributed by atoms with Crippen molar-refractivity contribution in [1.29, 1.82) is 0 Å². The van der Waals surface area contributed by atoms with Gasteiger partial charge in [-0.15, -0.1) is 0 Å². The van der Waals surface area contributed by atoms with Gasteiger partial charge >= 0.3 is 10.4 Å². The van der Waals surface area contributed by atoms with E-state index in [-0.39, 0.29) is 5.02 Å². The lowest BCUT2D eigenvalue weighted by atomic mass is 10.3. The van der Waals surface area contributed by atoms with Crippen LogP contribution in [0.5, 0.6) is 11.5 Å². The van der Waals surface area contributed by atoms with E-state index in [0.717, 1.165) is 6.07 Å². The van der Waals surface area contributed by atoms with Gasteiger partial charge in [-0.05, 0) is 12.1 Å². The topological polar surface area (TPSA) is 83.8 Å². The zero-order chi connectivity index (χ0) is 10.1. The number of aromatic hydroxyl groups is 1. The molecular formula is C6H5ClO5S. The molecule has 7 heteroatoms. The second-order valence-corrected chi connectivity index (χ2v) is 3.53. The van der Waals surface area contributed by atoms with Crippen LogP contribution in [-0.2, 0) is 10.4 Å². The van der Waals surface area contributed by atoms with Gasteiger partial charge in [0.2, 0.25) is 0 Å². The quantitative estimate of drug-likeness (QED) is 0.738. The molecule has 0 aliphatic heterocycles. The summed E-state index contributed by atoms with van der Waals surface area (Å²) in [4.78, 5) is 0.